The van der Waals surface area contributed by atoms with Crippen LogP contribution in [0, 0.1) is 0 Å². The second kappa shape index (κ2) is 11.4. The predicted octanol–water partition coefficient (Wildman–Crippen LogP) is 0.685. The maximum Gasteiger partial charge on any atom is 0.424 e. The summed E-state index contributed by atoms with van der Waals surface area (Å²) in [6, 6.07) is 0. The maximum atomic E-state index is 11.5. The van der Waals surface area contributed by atoms with E-state index in [0.717, 1.165) is 24.6 Å². The third-order valence-corrected chi connectivity index (χ3v) is 3.01. The van der Waals surface area contributed by atoms with Crippen LogP contribution in [0.15, 0.2) is 38.0 Å². The van der Waals surface area contributed by atoms with Gasteiger partial charge < -0.3 is 18.6 Å². The molecule has 128 valence electrons. The van der Waals surface area contributed by atoms with E-state index in [1.54, 1.807) is 0 Å². The Bertz CT molecular complexity index is 404. The highest BCUT2D eigenvalue weighted by Gasteiger charge is 2.42. The first-order valence-electron chi connectivity index (χ1n) is 6.98. The largest absolute Gasteiger partial charge is 0.428 e. The van der Waals surface area contributed by atoms with Gasteiger partial charge in [0.2, 0.25) is 0 Å². The Morgan fingerprint density at radius 1 is 0.826 bits per heavy atom. The summed E-state index contributed by atoms with van der Waals surface area (Å²) in [5.74, 6) is -4.88. The van der Waals surface area contributed by atoms with Gasteiger partial charge in [-0.05, 0) is 12.8 Å². The van der Waals surface area contributed by atoms with Crippen molar-refractivity contribution in [2.75, 3.05) is 6.61 Å². The molecule has 8 heteroatoms. The van der Waals surface area contributed by atoms with Gasteiger partial charge in [0.05, 0.1) is 6.42 Å². The molecule has 0 saturated carbocycles. The van der Waals surface area contributed by atoms with Gasteiger partial charge in [-0.15, -0.1) is 0 Å². The Morgan fingerprint density at radius 2 is 1.26 bits per heavy atom. The van der Waals surface area contributed by atoms with E-state index in [9.17, 15) is 14.4 Å². The van der Waals surface area contributed by atoms with E-state index in [1.807, 2.05) is 0 Å². The third-order valence-electron chi connectivity index (χ3n) is 2.60. The summed E-state index contributed by atoms with van der Waals surface area (Å²) in [6.07, 6.45) is 4.51. The molecule has 0 aromatic rings. The van der Waals surface area contributed by atoms with Crippen LogP contribution in [0.1, 0.15) is 25.7 Å². The van der Waals surface area contributed by atoms with Crippen LogP contribution in [0.3, 0.4) is 0 Å². The molecule has 0 unspecified atom stereocenters. The predicted molar refractivity (Wildman–Crippen MR) is 86.0 cm³/mol. The lowest BCUT2D eigenvalue weighted by Gasteiger charge is -2.30. The van der Waals surface area contributed by atoms with Gasteiger partial charge in [0, 0.05) is 24.8 Å². The number of carbonyl (C=O) groups excluding carboxylic acids is 3. The van der Waals surface area contributed by atoms with Crippen molar-refractivity contribution >= 4 is 28.4 Å². The van der Waals surface area contributed by atoms with Crippen molar-refractivity contribution in [1.29, 1.82) is 0 Å². The smallest absolute Gasteiger partial charge is 0.424 e. The van der Waals surface area contributed by atoms with Gasteiger partial charge in [-0.3, -0.25) is 0 Å². The molecule has 0 aromatic heterocycles. The highest BCUT2D eigenvalue weighted by atomic mass is 28.2. The summed E-state index contributed by atoms with van der Waals surface area (Å²) in [5, 5.41) is 0. The van der Waals surface area contributed by atoms with Crippen molar-refractivity contribution in [3.8, 4) is 0 Å². The van der Waals surface area contributed by atoms with Crippen LogP contribution in [0.25, 0.3) is 0 Å². The lowest BCUT2D eigenvalue weighted by Crippen LogP contribution is -2.43. The van der Waals surface area contributed by atoms with Crippen LogP contribution in [0.5, 0.6) is 0 Å². The Kier molecular flexibility index (Phi) is 10.3. The van der Waals surface area contributed by atoms with Crippen LogP contribution in [0.2, 0.25) is 0 Å². The Morgan fingerprint density at radius 3 is 1.61 bits per heavy atom. The van der Waals surface area contributed by atoms with E-state index in [-0.39, 0.29) is 6.42 Å². The first-order valence-corrected chi connectivity index (χ1v) is 7.79. The van der Waals surface area contributed by atoms with E-state index < -0.39 is 23.9 Å². The second-order valence-corrected chi connectivity index (χ2v) is 4.94. The maximum absolute atomic E-state index is 11.5. The van der Waals surface area contributed by atoms with E-state index in [4.69, 9.17) is 18.6 Å². The fourth-order valence-electron chi connectivity index (χ4n) is 1.57. The van der Waals surface area contributed by atoms with E-state index in [0.29, 0.717) is 29.9 Å². The molecule has 0 rings (SSSR count). The first-order chi connectivity index (χ1) is 10.9. The van der Waals surface area contributed by atoms with Gasteiger partial charge in [-0.2, -0.15) is 0 Å². The number of hydrogen-bond donors (Lipinski definition) is 0. The minimum atomic E-state index is -2.18. The second-order valence-electron chi connectivity index (χ2n) is 4.36. The van der Waals surface area contributed by atoms with Gasteiger partial charge in [0.15, 0.2) is 0 Å². The van der Waals surface area contributed by atoms with Crippen molar-refractivity contribution in [3.05, 3.63) is 38.0 Å². The molecule has 0 fully saturated rings. The molecule has 0 N–H and O–H groups in total. The Balaban J connectivity index is 5.16. The molecule has 0 saturated heterocycles. The average molecular weight is 342 g/mol. The summed E-state index contributed by atoms with van der Waals surface area (Å²) in [6.45, 7) is 10.4. The molecule has 0 aliphatic heterocycles. The minimum absolute atomic E-state index is 0.0348. The van der Waals surface area contributed by atoms with Crippen molar-refractivity contribution in [1.82, 2.24) is 0 Å². The summed E-state index contributed by atoms with van der Waals surface area (Å²) in [4.78, 5) is 34.5. The Labute approximate surface area is 138 Å². The fraction of sp³-hybridized carbons (Fsp3) is 0.400. The van der Waals surface area contributed by atoms with Crippen molar-refractivity contribution < 1.29 is 33.0 Å². The topological polar surface area (TPSA) is 88.1 Å². The number of carbonyl (C=O) groups is 3. The molecular weight excluding hydrogens is 320 g/mol. The molecule has 0 heterocycles. The molecule has 0 radical (unpaired) electrons. The fourth-order valence-corrected chi connectivity index (χ4v) is 1.85. The lowest BCUT2D eigenvalue weighted by molar-refractivity contribution is -0.327. The monoisotopic (exact) mass is 342 g/mol. The van der Waals surface area contributed by atoms with Gasteiger partial charge in [-0.1, -0.05) is 26.2 Å². The van der Waals surface area contributed by atoms with E-state index in [1.165, 1.54) is 0 Å². The molecule has 0 aliphatic rings. The summed E-state index contributed by atoms with van der Waals surface area (Å²) in [5.41, 5.74) is 0. The van der Waals surface area contributed by atoms with Crippen LogP contribution in [0.4, 0.5) is 0 Å². The van der Waals surface area contributed by atoms with Gasteiger partial charge >= 0.3 is 23.9 Å². The van der Waals surface area contributed by atoms with E-state index in [2.05, 4.69) is 19.7 Å². The standard InChI is InChI=1S/C15H22O7Si/c1-4-12(16)20-15(21-13(17)5-2,22-14(18)6-3)10-8-7-9-11-19-23/h4-6H,1-3,7-11H2,23H3. The highest BCUT2D eigenvalue weighted by molar-refractivity contribution is 5.97. The van der Waals surface area contributed by atoms with Crippen molar-refractivity contribution in [3.63, 3.8) is 0 Å². The number of esters is 3. The van der Waals surface area contributed by atoms with Crippen molar-refractivity contribution in [2.24, 2.45) is 0 Å². The van der Waals surface area contributed by atoms with Crippen LogP contribution in [-0.2, 0) is 33.0 Å². The summed E-state index contributed by atoms with van der Waals surface area (Å²) < 4.78 is 20.0. The molecule has 0 atom stereocenters. The molecule has 0 spiro atoms. The van der Waals surface area contributed by atoms with Crippen molar-refractivity contribution in [2.45, 2.75) is 31.7 Å². The minimum Gasteiger partial charge on any atom is -0.428 e. The molecule has 0 amide bonds. The quantitative estimate of drug-likeness (QED) is 0.169. The first kappa shape index (κ1) is 20.8. The molecule has 0 aromatic carbocycles. The molecule has 0 aliphatic carbocycles. The van der Waals surface area contributed by atoms with E-state index >= 15 is 0 Å². The zero-order chi connectivity index (χ0) is 17.7. The third kappa shape index (κ3) is 8.74. The summed E-state index contributed by atoms with van der Waals surface area (Å²) in [7, 11) is 0.652. The zero-order valence-corrected chi connectivity index (χ0v) is 15.2. The number of unbranched alkanes of at least 4 members (excludes halogenated alkanes) is 2. The van der Waals surface area contributed by atoms with Gasteiger partial charge in [-0.25, -0.2) is 14.4 Å². The molecule has 0 bridgehead atoms. The number of ether oxygens (including phenoxy) is 3. The molecule has 7 nitrogen and oxygen atoms in total. The van der Waals surface area contributed by atoms with Gasteiger partial charge in [0.1, 0.15) is 10.5 Å². The normalized spacial score (nSPS) is 10.4. The number of hydrogen-bond acceptors (Lipinski definition) is 7. The van der Waals surface area contributed by atoms with Crippen LogP contribution in [-0.4, -0.2) is 41.0 Å². The van der Waals surface area contributed by atoms with Crippen LogP contribution >= 0.6 is 0 Å². The van der Waals surface area contributed by atoms with Crippen LogP contribution < -0.4 is 0 Å². The molecule has 23 heavy (non-hydrogen) atoms. The lowest BCUT2D eigenvalue weighted by atomic mass is 10.1. The Hall–Kier alpha value is -2.19. The molecular formula is C15H22O7Si. The SMILES string of the molecule is C=CC(=O)OC(CCCCCO[SiH3])(OC(=O)C=C)OC(=O)C=C. The summed E-state index contributed by atoms with van der Waals surface area (Å²) >= 11 is 0. The number of rotatable bonds is 12. The highest BCUT2D eigenvalue weighted by Crippen LogP contribution is 2.25. The van der Waals surface area contributed by atoms with Gasteiger partial charge in [0.25, 0.3) is 0 Å². The average Bonchev–Trinajstić information content (AvgIpc) is 2.54. The zero-order valence-electron chi connectivity index (χ0n) is 13.2.